The molecule has 1 atom stereocenters. The minimum absolute atomic E-state index is 0.238. The van der Waals surface area contributed by atoms with Gasteiger partial charge in [0, 0.05) is 13.7 Å². The number of carbonyl (C=O) groups excluding carboxylic acids is 1. The fraction of sp³-hybridized carbons (Fsp3) is 0.375. The van der Waals surface area contributed by atoms with E-state index in [9.17, 15) is 9.59 Å². The number of hydrogen-bond acceptors (Lipinski definition) is 3. The molecule has 6 nitrogen and oxygen atoms in total. The zero-order valence-electron chi connectivity index (χ0n) is 12.7. The van der Waals surface area contributed by atoms with Crippen LogP contribution in [0.15, 0.2) is 35.1 Å². The molecule has 0 spiro atoms. The molecule has 116 valence electrons. The van der Waals surface area contributed by atoms with Crippen molar-refractivity contribution in [3.63, 3.8) is 0 Å². The van der Waals surface area contributed by atoms with Gasteiger partial charge in [0.2, 0.25) is 0 Å². The van der Waals surface area contributed by atoms with E-state index in [0.29, 0.717) is 24.4 Å². The molecule has 1 aromatic carbocycles. The maximum atomic E-state index is 12.6. The van der Waals surface area contributed by atoms with Gasteiger partial charge in [-0.2, -0.15) is 0 Å². The number of benzene rings is 1. The summed E-state index contributed by atoms with van der Waals surface area (Å²) in [5, 5.41) is 2.73. The lowest BCUT2D eigenvalue weighted by atomic mass is 10.2. The van der Waals surface area contributed by atoms with Crippen molar-refractivity contribution in [3.05, 3.63) is 46.4 Å². The van der Waals surface area contributed by atoms with Crippen molar-refractivity contribution in [2.45, 2.75) is 25.9 Å². The van der Waals surface area contributed by atoms with Crippen LogP contribution in [0.3, 0.4) is 0 Å². The molecule has 0 aliphatic carbocycles. The van der Waals surface area contributed by atoms with E-state index in [2.05, 4.69) is 5.32 Å². The van der Waals surface area contributed by atoms with Crippen LogP contribution in [0.5, 0.6) is 0 Å². The lowest BCUT2D eigenvalue weighted by molar-refractivity contribution is -0.124. The zero-order chi connectivity index (χ0) is 15.7. The Bertz CT molecular complexity index is 740. The number of hydrogen-bond donors (Lipinski definition) is 1. The van der Waals surface area contributed by atoms with Gasteiger partial charge in [0.05, 0.1) is 11.4 Å². The molecule has 2 heterocycles. The lowest BCUT2D eigenvalue weighted by Crippen LogP contribution is -2.30. The van der Waals surface area contributed by atoms with Gasteiger partial charge in [0.1, 0.15) is 11.8 Å². The summed E-state index contributed by atoms with van der Waals surface area (Å²) >= 11 is 0. The molecular weight excluding hydrogens is 282 g/mol. The summed E-state index contributed by atoms with van der Waals surface area (Å²) in [7, 11) is 1.80. The average Bonchev–Trinajstić information content (AvgIpc) is 3.13. The molecule has 22 heavy (non-hydrogen) atoms. The summed E-state index contributed by atoms with van der Waals surface area (Å²) in [6.07, 6.45) is 1.12. The summed E-state index contributed by atoms with van der Waals surface area (Å²) in [6, 6.07) is 9.34. The molecular formula is C16H19N3O3. The second-order valence-electron chi connectivity index (χ2n) is 5.43. The van der Waals surface area contributed by atoms with Crippen LogP contribution in [0.25, 0.3) is 5.69 Å². The number of aromatic nitrogens is 2. The highest BCUT2D eigenvalue weighted by atomic mass is 16.5. The van der Waals surface area contributed by atoms with E-state index in [-0.39, 0.29) is 11.5 Å². The smallest absolute Gasteiger partial charge is 0.295 e. The number of para-hydroxylation sites is 1. The Morgan fingerprint density at radius 2 is 2.05 bits per heavy atom. The molecule has 1 unspecified atom stereocenters. The normalized spacial score (nSPS) is 17.6. The van der Waals surface area contributed by atoms with Crippen LogP contribution in [-0.2, 0) is 16.6 Å². The fourth-order valence-electron chi connectivity index (χ4n) is 2.70. The van der Waals surface area contributed by atoms with Crippen molar-refractivity contribution < 1.29 is 9.53 Å². The van der Waals surface area contributed by atoms with E-state index < -0.39 is 6.10 Å². The highest BCUT2D eigenvalue weighted by molar-refractivity contribution is 5.94. The summed E-state index contributed by atoms with van der Waals surface area (Å²) in [6.45, 7) is 2.41. The number of amides is 1. The molecule has 1 N–H and O–H groups in total. The Hall–Kier alpha value is -2.34. The number of nitrogens with zero attached hydrogens (tertiary/aromatic N) is 2. The highest BCUT2D eigenvalue weighted by Crippen LogP contribution is 2.17. The first-order valence-electron chi connectivity index (χ1n) is 7.36. The molecule has 1 aliphatic heterocycles. The zero-order valence-corrected chi connectivity index (χ0v) is 12.7. The molecule has 1 fully saturated rings. The van der Waals surface area contributed by atoms with Gasteiger partial charge in [0.15, 0.2) is 0 Å². The van der Waals surface area contributed by atoms with Gasteiger partial charge in [-0.05, 0) is 31.9 Å². The van der Waals surface area contributed by atoms with Gasteiger partial charge < -0.3 is 10.1 Å². The number of anilines is 1. The molecule has 1 saturated heterocycles. The third kappa shape index (κ3) is 2.46. The first-order chi connectivity index (χ1) is 10.6. The summed E-state index contributed by atoms with van der Waals surface area (Å²) in [5.41, 5.74) is 1.54. The standard InChI is InChI=1S/C16H19N3O3/c1-11-14(17-15(20)13-9-6-10-22-13)16(21)19(18(11)2)12-7-4-3-5-8-12/h3-5,7-8,13H,6,9-10H2,1-2H3,(H,17,20). The van der Waals surface area contributed by atoms with Gasteiger partial charge >= 0.3 is 0 Å². The summed E-state index contributed by atoms with van der Waals surface area (Å²) in [5.74, 6) is -0.247. The summed E-state index contributed by atoms with van der Waals surface area (Å²) in [4.78, 5) is 24.8. The molecule has 0 radical (unpaired) electrons. The Labute approximate surface area is 128 Å². The van der Waals surface area contributed by atoms with Crippen LogP contribution in [-0.4, -0.2) is 28.0 Å². The first-order valence-corrected chi connectivity index (χ1v) is 7.36. The van der Waals surface area contributed by atoms with E-state index in [1.54, 1.807) is 16.4 Å². The molecule has 3 rings (SSSR count). The second-order valence-corrected chi connectivity index (χ2v) is 5.43. The average molecular weight is 301 g/mol. The SMILES string of the molecule is Cc1c(NC(=O)C2CCCO2)c(=O)n(-c2ccccc2)n1C. The molecule has 2 aromatic rings. The minimum atomic E-state index is -0.454. The Kier molecular flexibility index (Phi) is 3.85. The van der Waals surface area contributed by atoms with Gasteiger partial charge in [-0.1, -0.05) is 18.2 Å². The van der Waals surface area contributed by atoms with Crippen LogP contribution in [0.1, 0.15) is 18.5 Å². The van der Waals surface area contributed by atoms with Crippen LogP contribution in [0, 0.1) is 6.92 Å². The molecule has 1 aliphatic rings. The van der Waals surface area contributed by atoms with Gasteiger partial charge in [-0.3, -0.25) is 14.3 Å². The molecule has 6 heteroatoms. The Morgan fingerprint density at radius 1 is 1.32 bits per heavy atom. The third-order valence-electron chi connectivity index (χ3n) is 4.02. The van der Waals surface area contributed by atoms with Crippen molar-refractivity contribution in [1.29, 1.82) is 0 Å². The van der Waals surface area contributed by atoms with Crippen molar-refractivity contribution in [3.8, 4) is 5.69 Å². The largest absolute Gasteiger partial charge is 0.368 e. The van der Waals surface area contributed by atoms with Crippen LogP contribution >= 0.6 is 0 Å². The first kappa shape index (κ1) is 14.6. The van der Waals surface area contributed by atoms with Crippen molar-refractivity contribution in [2.75, 3.05) is 11.9 Å². The van der Waals surface area contributed by atoms with Crippen molar-refractivity contribution in [1.82, 2.24) is 9.36 Å². The van der Waals surface area contributed by atoms with Crippen LogP contribution in [0.4, 0.5) is 5.69 Å². The third-order valence-corrected chi connectivity index (χ3v) is 4.02. The number of nitrogens with one attached hydrogen (secondary N) is 1. The molecule has 0 bridgehead atoms. The number of rotatable bonds is 3. The predicted molar refractivity (Wildman–Crippen MR) is 83.4 cm³/mol. The van der Waals surface area contributed by atoms with E-state index >= 15 is 0 Å². The van der Waals surface area contributed by atoms with E-state index in [4.69, 9.17) is 4.74 Å². The molecule has 1 amide bonds. The second kappa shape index (κ2) is 5.81. The topological polar surface area (TPSA) is 65.3 Å². The van der Waals surface area contributed by atoms with E-state index in [1.165, 1.54) is 0 Å². The fourth-order valence-corrected chi connectivity index (χ4v) is 2.70. The predicted octanol–water partition coefficient (Wildman–Crippen LogP) is 1.60. The Morgan fingerprint density at radius 3 is 2.68 bits per heavy atom. The highest BCUT2D eigenvalue weighted by Gasteiger charge is 2.26. The monoisotopic (exact) mass is 301 g/mol. The van der Waals surface area contributed by atoms with Crippen LogP contribution in [0.2, 0.25) is 0 Å². The van der Waals surface area contributed by atoms with Gasteiger partial charge in [-0.25, -0.2) is 4.68 Å². The van der Waals surface area contributed by atoms with Gasteiger partial charge in [-0.15, -0.1) is 0 Å². The Balaban J connectivity index is 1.96. The molecule has 0 saturated carbocycles. The van der Waals surface area contributed by atoms with Gasteiger partial charge in [0.25, 0.3) is 11.5 Å². The lowest BCUT2D eigenvalue weighted by Gasteiger charge is -2.09. The molecule has 1 aromatic heterocycles. The minimum Gasteiger partial charge on any atom is -0.368 e. The van der Waals surface area contributed by atoms with Crippen molar-refractivity contribution >= 4 is 11.6 Å². The summed E-state index contributed by atoms with van der Waals surface area (Å²) < 4.78 is 8.64. The van der Waals surface area contributed by atoms with E-state index in [1.807, 2.05) is 37.3 Å². The quantitative estimate of drug-likeness (QED) is 0.936. The van der Waals surface area contributed by atoms with Crippen molar-refractivity contribution in [2.24, 2.45) is 7.05 Å². The maximum Gasteiger partial charge on any atom is 0.295 e. The number of carbonyl (C=O) groups is 1. The van der Waals surface area contributed by atoms with Crippen LogP contribution < -0.4 is 10.9 Å². The number of ether oxygens (including phenoxy) is 1. The maximum absolute atomic E-state index is 12.6. The van der Waals surface area contributed by atoms with E-state index in [0.717, 1.165) is 12.1 Å².